The lowest BCUT2D eigenvalue weighted by atomic mass is 10.1. The first kappa shape index (κ1) is 14.4. The number of alkyl halides is 2. The molecule has 18 heavy (non-hydrogen) atoms. The molecule has 100 valence electrons. The van der Waals surface area contributed by atoms with Crippen LogP contribution < -0.4 is 16.0 Å². The molecule has 0 heterocycles. The molecular weight excluding hydrogens is 240 g/mol. The molecule has 0 aromatic heterocycles. The largest absolute Gasteiger partial charge is 0.435 e. The van der Waals surface area contributed by atoms with Gasteiger partial charge >= 0.3 is 6.61 Å². The van der Waals surface area contributed by atoms with Crippen molar-refractivity contribution in [2.45, 2.75) is 32.9 Å². The van der Waals surface area contributed by atoms with Crippen LogP contribution in [-0.4, -0.2) is 18.0 Å². The highest BCUT2D eigenvalue weighted by atomic mass is 19.3. The van der Waals surface area contributed by atoms with Crippen LogP contribution in [0.2, 0.25) is 0 Å². The highest BCUT2D eigenvalue weighted by Gasteiger charge is 2.12. The number of nitrogens with zero attached hydrogens (tertiary/aromatic N) is 1. The molecular formula is C12H17F2N3O. The van der Waals surface area contributed by atoms with Gasteiger partial charge in [0.1, 0.15) is 11.6 Å². The fourth-order valence-electron chi connectivity index (χ4n) is 1.34. The fourth-order valence-corrected chi connectivity index (χ4v) is 1.34. The smallest absolute Gasteiger partial charge is 0.387 e. The normalized spacial score (nSPS) is 12.7. The van der Waals surface area contributed by atoms with Crippen LogP contribution in [0.15, 0.2) is 29.3 Å². The molecule has 4 nitrogen and oxygen atoms in total. The van der Waals surface area contributed by atoms with Crippen LogP contribution in [0.3, 0.4) is 0 Å². The van der Waals surface area contributed by atoms with E-state index in [9.17, 15) is 8.78 Å². The average molecular weight is 257 g/mol. The fraction of sp³-hybridized carbons (Fsp3) is 0.417. The summed E-state index contributed by atoms with van der Waals surface area (Å²) in [7, 11) is 0. The van der Waals surface area contributed by atoms with Gasteiger partial charge in [-0.1, -0.05) is 12.1 Å². The summed E-state index contributed by atoms with van der Waals surface area (Å²) in [6, 6.07) is 6.21. The van der Waals surface area contributed by atoms with Gasteiger partial charge in [-0.2, -0.15) is 8.78 Å². The Bertz CT molecular complexity index is 428. The summed E-state index contributed by atoms with van der Waals surface area (Å²) in [5.74, 6) is 5.88. The molecule has 0 aliphatic rings. The summed E-state index contributed by atoms with van der Waals surface area (Å²) >= 11 is 0. The Morgan fingerprint density at radius 1 is 1.39 bits per heavy atom. The van der Waals surface area contributed by atoms with Crippen molar-refractivity contribution in [1.82, 2.24) is 5.43 Å². The van der Waals surface area contributed by atoms with Crippen molar-refractivity contribution in [3.63, 3.8) is 0 Å². The number of benzene rings is 1. The Labute approximate surface area is 105 Å². The highest BCUT2D eigenvalue weighted by Crippen LogP contribution is 2.17. The number of nitrogens with two attached hydrogens (primary N) is 1. The number of ether oxygens (including phenoxy) is 1. The maximum atomic E-state index is 12.1. The lowest BCUT2D eigenvalue weighted by Crippen LogP contribution is -2.33. The van der Waals surface area contributed by atoms with Crippen molar-refractivity contribution in [2.75, 3.05) is 0 Å². The van der Waals surface area contributed by atoms with Crippen LogP contribution in [-0.2, 0) is 0 Å². The van der Waals surface area contributed by atoms with Crippen molar-refractivity contribution >= 4 is 5.84 Å². The van der Waals surface area contributed by atoms with E-state index in [2.05, 4.69) is 15.2 Å². The predicted octanol–water partition coefficient (Wildman–Crippen LogP) is 2.30. The van der Waals surface area contributed by atoms with Crippen molar-refractivity contribution < 1.29 is 13.5 Å². The minimum Gasteiger partial charge on any atom is -0.435 e. The minimum atomic E-state index is -2.85. The summed E-state index contributed by atoms with van der Waals surface area (Å²) in [6.07, 6.45) is 0. The predicted molar refractivity (Wildman–Crippen MR) is 66.7 cm³/mol. The molecule has 0 bridgehead atoms. The van der Waals surface area contributed by atoms with Gasteiger partial charge in [-0.05, 0) is 32.9 Å². The van der Waals surface area contributed by atoms with Crippen molar-refractivity contribution in [3.8, 4) is 5.75 Å². The molecule has 1 aromatic carbocycles. The molecule has 0 spiro atoms. The molecule has 1 rings (SSSR count). The van der Waals surface area contributed by atoms with Gasteiger partial charge in [0.25, 0.3) is 0 Å². The van der Waals surface area contributed by atoms with Crippen molar-refractivity contribution in [3.05, 3.63) is 29.8 Å². The van der Waals surface area contributed by atoms with Crippen LogP contribution in [0.4, 0.5) is 8.78 Å². The van der Waals surface area contributed by atoms with Crippen LogP contribution in [0.5, 0.6) is 5.75 Å². The molecule has 6 heteroatoms. The van der Waals surface area contributed by atoms with Gasteiger partial charge in [0, 0.05) is 5.56 Å². The maximum Gasteiger partial charge on any atom is 0.387 e. The van der Waals surface area contributed by atoms with Gasteiger partial charge in [-0.25, -0.2) is 5.84 Å². The van der Waals surface area contributed by atoms with Gasteiger partial charge in [-0.15, -0.1) is 0 Å². The van der Waals surface area contributed by atoms with E-state index in [4.69, 9.17) is 5.84 Å². The zero-order valence-corrected chi connectivity index (χ0v) is 10.6. The topological polar surface area (TPSA) is 59.6 Å². The summed E-state index contributed by atoms with van der Waals surface area (Å²) in [5.41, 5.74) is 2.72. The van der Waals surface area contributed by atoms with Crippen LogP contribution in [0.25, 0.3) is 0 Å². The molecule has 3 N–H and O–H groups in total. The van der Waals surface area contributed by atoms with Gasteiger partial charge < -0.3 is 10.2 Å². The van der Waals surface area contributed by atoms with Gasteiger partial charge in [-0.3, -0.25) is 4.99 Å². The summed E-state index contributed by atoms with van der Waals surface area (Å²) in [4.78, 5) is 4.36. The number of rotatable bonds is 3. The van der Waals surface area contributed by atoms with Crippen molar-refractivity contribution in [1.29, 1.82) is 0 Å². The number of nitrogens with one attached hydrogen (secondary N) is 1. The Hall–Kier alpha value is -1.69. The number of amidine groups is 1. The van der Waals surface area contributed by atoms with Crippen LogP contribution in [0, 0.1) is 0 Å². The zero-order chi connectivity index (χ0) is 13.8. The summed E-state index contributed by atoms with van der Waals surface area (Å²) in [5, 5.41) is 0. The third-order valence-electron chi connectivity index (χ3n) is 1.92. The van der Waals surface area contributed by atoms with E-state index >= 15 is 0 Å². The molecule has 0 aliphatic carbocycles. The minimum absolute atomic E-state index is 0.0689. The van der Waals surface area contributed by atoms with Gasteiger partial charge in [0.2, 0.25) is 0 Å². The third kappa shape index (κ3) is 4.67. The van der Waals surface area contributed by atoms with E-state index in [0.29, 0.717) is 11.4 Å². The molecule has 0 saturated carbocycles. The first-order chi connectivity index (χ1) is 8.31. The second-order valence-corrected chi connectivity index (χ2v) is 4.68. The number of hydrogen-bond donors (Lipinski definition) is 2. The maximum absolute atomic E-state index is 12.1. The quantitative estimate of drug-likeness (QED) is 0.378. The van der Waals surface area contributed by atoms with E-state index in [1.165, 1.54) is 12.1 Å². The third-order valence-corrected chi connectivity index (χ3v) is 1.92. The van der Waals surface area contributed by atoms with Crippen molar-refractivity contribution in [2.24, 2.45) is 10.8 Å². The standard InChI is InChI=1S/C12H17F2N3O/c1-12(2,3)16-10(17-15)8-5-4-6-9(7-8)18-11(13)14/h4-7,11H,15H2,1-3H3,(H,16,17). The Balaban J connectivity index is 3.04. The number of halogens is 2. The SMILES string of the molecule is CC(C)(C)N=C(NN)c1cccc(OC(F)F)c1. The summed E-state index contributed by atoms with van der Waals surface area (Å²) in [6.45, 7) is 2.87. The van der Waals surface area contributed by atoms with Crippen LogP contribution >= 0.6 is 0 Å². The molecule has 0 radical (unpaired) electrons. The van der Waals surface area contributed by atoms with Gasteiger partial charge in [0.05, 0.1) is 5.54 Å². The number of aliphatic imine (C=N–C) groups is 1. The van der Waals surface area contributed by atoms with E-state index in [-0.39, 0.29) is 11.3 Å². The van der Waals surface area contributed by atoms with E-state index in [1.807, 2.05) is 20.8 Å². The Morgan fingerprint density at radius 2 is 2.06 bits per heavy atom. The second-order valence-electron chi connectivity index (χ2n) is 4.68. The van der Waals surface area contributed by atoms with E-state index in [1.54, 1.807) is 12.1 Å². The molecule has 0 atom stereocenters. The molecule has 0 fully saturated rings. The molecule has 0 aliphatic heterocycles. The monoisotopic (exact) mass is 257 g/mol. The Kier molecular flexibility index (Phi) is 4.61. The molecule has 1 aromatic rings. The molecule has 0 unspecified atom stereocenters. The lowest BCUT2D eigenvalue weighted by molar-refractivity contribution is -0.0498. The molecule has 0 saturated heterocycles. The van der Waals surface area contributed by atoms with Crippen LogP contribution in [0.1, 0.15) is 26.3 Å². The average Bonchev–Trinajstić information content (AvgIpc) is 2.24. The lowest BCUT2D eigenvalue weighted by Gasteiger charge is -2.16. The first-order valence-electron chi connectivity index (χ1n) is 5.43. The van der Waals surface area contributed by atoms with E-state index in [0.717, 1.165) is 0 Å². The van der Waals surface area contributed by atoms with Gasteiger partial charge in [0.15, 0.2) is 0 Å². The number of hydrazine groups is 1. The number of hydrogen-bond acceptors (Lipinski definition) is 3. The Morgan fingerprint density at radius 3 is 2.56 bits per heavy atom. The highest BCUT2D eigenvalue weighted by molar-refractivity contribution is 5.98. The van der Waals surface area contributed by atoms with E-state index < -0.39 is 6.61 Å². The summed E-state index contributed by atoms with van der Waals surface area (Å²) < 4.78 is 28.5. The second kappa shape index (κ2) is 5.77. The molecule has 0 amide bonds. The first-order valence-corrected chi connectivity index (χ1v) is 5.43. The zero-order valence-electron chi connectivity index (χ0n) is 10.6.